The minimum absolute atomic E-state index is 0.105. The van der Waals surface area contributed by atoms with Crippen molar-refractivity contribution < 1.29 is 9.53 Å². The van der Waals surface area contributed by atoms with Crippen molar-refractivity contribution in [2.24, 2.45) is 0 Å². The highest BCUT2D eigenvalue weighted by Crippen LogP contribution is 2.35. The van der Waals surface area contributed by atoms with Crippen molar-refractivity contribution in [1.82, 2.24) is 20.2 Å². The third kappa shape index (κ3) is 4.88. The van der Waals surface area contributed by atoms with Crippen LogP contribution in [0, 0.1) is 13.8 Å². The van der Waals surface area contributed by atoms with Crippen LogP contribution in [0.3, 0.4) is 0 Å². The average molecular weight is 424 g/mol. The first-order chi connectivity index (χ1) is 14.6. The number of nitrogens with zero attached hydrogens (tertiary/aromatic N) is 4. The number of ether oxygens (including phenoxy) is 1. The summed E-state index contributed by atoms with van der Waals surface area (Å²) >= 11 is 1.36. The number of anilines is 1. The van der Waals surface area contributed by atoms with Gasteiger partial charge >= 0.3 is 0 Å². The van der Waals surface area contributed by atoms with Crippen LogP contribution in [0.15, 0.2) is 53.7 Å². The minimum atomic E-state index is -0.486. The van der Waals surface area contributed by atoms with E-state index < -0.39 is 5.25 Å². The zero-order valence-corrected chi connectivity index (χ0v) is 17.9. The van der Waals surface area contributed by atoms with Crippen LogP contribution in [0.5, 0.6) is 0 Å². The molecular weight excluding hydrogens is 398 g/mol. The van der Waals surface area contributed by atoms with E-state index in [0.717, 1.165) is 41.8 Å². The van der Waals surface area contributed by atoms with Crippen LogP contribution in [0.1, 0.15) is 34.8 Å². The molecule has 8 heteroatoms. The quantitative estimate of drug-likeness (QED) is 0.580. The van der Waals surface area contributed by atoms with E-state index in [2.05, 4.69) is 20.8 Å². The minimum Gasteiger partial charge on any atom is -0.376 e. The second-order valence-corrected chi connectivity index (χ2v) is 8.57. The summed E-state index contributed by atoms with van der Waals surface area (Å²) in [6.07, 6.45) is 2.17. The Morgan fingerprint density at radius 3 is 2.87 bits per heavy atom. The van der Waals surface area contributed by atoms with Crippen LogP contribution in [0.4, 0.5) is 5.69 Å². The van der Waals surface area contributed by atoms with Gasteiger partial charge in [-0.25, -0.2) is 4.68 Å². The number of aryl methyl sites for hydroxylation is 2. The standard InChI is InChI=1S/C22H25N5O2S/c1-15-10-11-16(2)19(13-15)23-21(28)20(17-7-4-3-5-8-17)30-22-24-25-26-27(22)14-18-9-6-12-29-18/h3-5,7-8,10-11,13,18,20H,6,9,12,14H2,1-2H3,(H,23,28). The first-order valence-electron chi connectivity index (χ1n) is 10.1. The normalized spacial score (nSPS) is 17.1. The summed E-state index contributed by atoms with van der Waals surface area (Å²) in [7, 11) is 0. The molecule has 30 heavy (non-hydrogen) atoms. The molecule has 7 nitrogen and oxygen atoms in total. The molecule has 2 heterocycles. The van der Waals surface area contributed by atoms with Gasteiger partial charge in [-0.1, -0.05) is 54.2 Å². The first-order valence-corrected chi connectivity index (χ1v) is 11.0. The molecule has 1 aliphatic heterocycles. The van der Waals surface area contributed by atoms with Gasteiger partial charge in [0, 0.05) is 12.3 Å². The SMILES string of the molecule is Cc1ccc(C)c(NC(=O)C(Sc2nnnn2CC2CCCO2)c2ccccc2)c1. The topological polar surface area (TPSA) is 81.9 Å². The Morgan fingerprint density at radius 1 is 1.27 bits per heavy atom. The molecule has 0 spiro atoms. The fourth-order valence-electron chi connectivity index (χ4n) is 3.45. The molecule has 3 aromatic rings. The molecule has 1 N–H and O–H groups in total. The summed E-state index contributed by atoms with van der Waals surface area (Å²) in [6, 6.07) is 15.7. The van der Waals surface area contributed by atoms with Crippen LogP contribution in [0.2, 0.25) is 0 Å². The van der Waals surface area contributed by atoms with Crippen molar-refractivity contribution in [1.29, 1.82) is 0 Å². The molecule has 0 bridgehead atoms. The molecule has 1 fully saturated rings. The highest BCUT2D eigenvalue weighted by Gasteiger charge is 2.27. The maximum Gasteiger partial charge on any atom is 0.242 e. The summed E-state index contributed by atoms with van der Waals surface area (Å²) in [4.78, 5) is 13.3. The molecule has 1 saturated heterocycles. The summed E-state index contributed by atoms with van der Waals surface area (Å²) in [5, 5.41) is 15.3. The van der Waals surface area contributed by atoms with Crippen molar-refractivity contribution in [2.75, 3.05) is 11.9 Å². The predicted octanol–water partition coefficient (Wildman–Crippen LogP) is 3.94. The molecule has 0 saturated carbocycles. The van der Waals surface area contributed by atoms with Crippen molar-refractivity contribution in [3.63, 3.8) is 0 Å². The monoisotopic (exact) mass is 423 g/mol. The van der Waals surface area contributed by atoms with Gasteiger partial charge in [0.15, 0.2) is 0 Å². The van der Waals surface area contributed by atoms with Gasteiger partial charge < -0.3 is 10.1 Å². The Kier molecular flexibility index (Phi) is 6.44. The number of amides is 1. The molecule has 1 aliphatic rings. The van der Waals surface area contributed by atoms with E-state index in [-0.39, 0.29) is 12.0 Å². The van der Waals surface area contributed by atoms with Crippen LogP contribution in [-0.4, -0.2) is 38.8 Å². The number of nitrogens with one attached hydrogen (secondary N) is 1. The van der Waals surface area contributed by atoms with Gasteiger partial charge in [0.2, 0.25) is 11.1 Å². The van der Waals surface area contributed by atoms with E-state index in [1.165, 1.54) is 11.8 Å². The third-order valence-electron chi connectivity index (χ3n) is 5.11. The molecule has 4 rings (SSSR count). The zero-order chi connectivity index (χ0) is 20.9. The highest BCUT2D eigenvalue weighted by atomic mass is 32.2. The second-order valence-electron chi connectivity index (χ2n) is 7.49. The van der Waals surface area contributed by atoms with Gasteiger partial charge in [-0.3, -0.25) is 4.79 Å². The van der Waals surface area contributed by atoms with Crippen LogP contribution in [-0.2, 0) is 16.1 Å². The molecule has 0 aliphatic carbocycles. The number of thioether (sulfide) groups is 1. The van der Waals surface area contributed by atoms with Crippen LogP contribution in [0.25, 0.3) is 0 Å². The number of benzene rings is 2. The van der Waals surface area contributed by atoms with E-state index in [1.54, 1.807) is 4.68 Å². The predicted molar refractivity (Wildman–Crippen MR) is 116 cm³/mol. The highest BCUT2D eigenvalue weighted by molar-refractivity contribution is 8.00. The summed E-state index contributed by atoms with van der Waals surface area (Å²) < 4.78 is 7.45. The summed E-state index contributed by atoms with van der Waals surface area (Å²) in [5.74, 6) is -0.105. The van der Waals surface area contributed by atoms with E-state index in [0.29, 0.717) is 11.7 Å². The number of rotatable bonds is 7. The summed E-state index contributed by atoms with van der Waals surface area (Å²) in [5.41, 5.74) is 3.84. The van der Waals surface area contributed by atoms with Crippen LogP contribution < -0.4 is 5.32 Å². The second kappa shape index (κ2) is 9.40. The summed E-state index contributed by atoms with van der Waals surface area (Å²) in [6.45, 7) is 5.37. The van der Waals surface area contributed by atoms with E-state index >= 15 is 0 Å². The Balaban J connectivity index is 1.57. The molecule has 1 aromatic heterocycles. The Hall–Kier alpha value is -2.71. The molecule has 1 amide bonds. The number of tetrazole rings is 1. The van der Waals surface area contributed by atoms with Crippen molar-refractivity contribution in [3.8, 4) is 0 Å². The maximum atomic E-state index is 13.3. The number of hydrogen-bond acceptors (Lipinski definition) is 6. The lowest BCUT2D eigenvalue weighted by atomic mass is 10.1. The van der Waals surface area contributed by atoms with Crippen molar-refractivity contribution >= 4 is 23.4 Å². The fraction of sp³-hybridized carbons (Fsp3) is 0.364. The van der Waals surface area contributed by atoms with Gasteiger partial charge in [-0.2, -0.15) is 0 Å². The zero-order valence-electron chi connectivity index (χ0n) is 17.1. The lowest BCUT2D eigenvalue weighted by Crippen LogP contribution is -2.21. The van der Waals surface area contributed by atoms with Gasteiger partial charge in [-0.15, -0.1) is 5.10 Å². The number of carbonyl (C=O) groups is 1. The lowest BCUT2D eigenvalue weighted by molar-refractivity contribution is -0.115. The molecule has 0 radical (unpaired) electrons. The van der Waals surface area contributed by atoms with E-state index in [1.807, 2.05) is 62.4 Å². The molecule has 2 atom stereocenters. The van der Waals surface area contributed by atoms with E-state index in [9.17, 15) is 4.79 Å². The Bertz CT molecular complexity index is 1000. The number of hydrogen-bond donors (Lipinski definition) is 1. The molecular formula is C22H25N5O2S. The Morgan fingerprint density at radius 2 is 2.10 bits per heavy atom. The maximum absolute atomic E-state index is 13.3. The third-order valence-corrected chi connectivity index (χ3v) is 6.34. The van der Waals surface area contributed by atoms with Crippen LogP contribution >= 0.6 is 11.8 Å². The largest absolute Gasteiger partial charge is 0.376 e. The first kappa shape index (κ1) is 20.6. The van der Waals surface area contributed by atoms with Gasteiger partial charge in [0.1, 0.15) is 5.25 Å². The molecule has 2 aromatic carbocycles. The lowest BCUT2D eigenvalue weighted by Gasteiger charge is -2.18. The number of carbonyl (C=O) groups excluding carboxylic acids is 1. The number of aromatic nitrogens is 4. The van der Waals surface area contributed by atoms with Gasteiger partial charge in [0.05, 0.1) is 12.6 Å². The van der Waals surface area contributed by atoms with Gasteiger partial charge in [-0.05, 0) is 59.9 Å². The van der Waals surface area contributed by atoms with Crippen molar-refractivity contribution in [3.05, 3.63) is 65.2 Å². The van der Waals surface area contributed by atoms with Gasteiger partial charge in [0.25, 0.3) is 0 Å². The Labute approximate surface area is 180 Å². The average Bonchev–Trinajstić information content (AvgIpc) is 3.42. The molecule has 2 unspecified atom stereocenters. The van der Waals surface area contributed by atoms with E-state index in [4.69, 9.17) is 4.74 Å². The van der Waals surface area contributed by atoms with Crippen molar-refractivity contribution in [2.45, 2.75) is 49.7 Å². The fourth-order valence-corrected chi connectivity index (χ4v) is 4.44. The smallest absolute Gasteiger partial charge is 0.242 e. The molecule has 156 valence electrons.